The van der Waals surface area contributed by atoms with E-state index in [2.05, 4.69) is 9.55 Å². The Labute approximate surface area is 198 Å². The zero-order chi connectivity index (χ0) is 24.7. The third-order valence-electron chi connectivity index (χ3n) is 5.62. The van der Waals surface area contributed by atoms with Crippen LogP contribution in [0.5, 0.6) is 0 Å². The summed E-state index contributed by atoms with van der Waals surface area (Å²) >= 11 is 1.46. The lowest BCUT2D eigenvalue weighted by atomic mass is 10.1. The summed E-state index contributed by atoms with van der Waals surface area (Å²) in [6, 6.07) is 12.9. The molecule has 0 amide bonds. The number of carboxylic acids is 1. The fraction of sp³-hybridized carbons (Fsp3) is 0.280. The minimum Gasteiger partial charge on any atom is -0.479 e. The van der Waals surface area contributed by atoms with Gasteiger partial charge in [-0.25, -0.2) is 9.78 Å². The van der Waals surface area contributed by atoms with Crippen LogP contribution >= 0.6 is 11.3 Å². The van der Waals surface area contributed by atoms with Crippen LogP contribution in [-0.2, 0) is 28.9 Å². The van der Waals surface area contributed by atoms with E-state index in [1.54, 1.807) is 0 Å². The molecule has 1 N–H and O–H groups in total. The number of aryl methyl sites for hydroxylation is 1. The van der Waals surface area contributed by atoms with E-state index in [-0.39, 0.29) is 6.61 Å². The zero-order valence-electron chi connectivity index (χ0n) is 18.8. The van der Waals surface area contributed by atoms with Gasteiger partial charge in [0.1, 0.15) is 5.01 Å². The number of alkyl halides is 3. The molecule has 0 aliphatic heterocycles. The van der Waals surface area contributed by atoms with E-state index >= 15 is 0 Å². The Bertz CT molecular complexity index is 1340. The predicted molar refractivity (Wildman–Crippen MR) is 125 cm³/mol. The highest BCUT2D eigenvalue weighted by molar-refractivity contribution is 7.15. The number of carboxylic acid groups (broad SMARTS) is 1. The molecule has 0 spiro atoms. The lowest BCUT2D eigenvalue weighted by Gasteiger charge is -2.20. The van der Waals surface area contributed by atoms with Gasteiger partial charge in [0, 0.05) is 22.2 Å². The summed E-state index contributed by atoms with van der Waals surface area (Å²) in [5.74, 6) is -1.02. The highest BCUT2D eigenvalue weighted by Gasteiger charge is 2.30. The van der Waals surface area contributed by atoms with Crippen LogP contribution in [0.1, 0.15) is 35.5 Å². The average molecular weight is 489 g/mol. The van der Waals surface area contributed by atoms with Gasteiger partial charge in [-0.1, -0.05) is 18.2 Å². The summed E-state index contributed by atoms with van der Waals surface area (Å²) in [7, 11) is 0. The Hall–Kier alpha value is -3.17. The Kier molecular flexibility index (Phi) is 6.26. The number of ether oxygens (including phenoxy) is 1. The van der Waals surface area contributed by atoms with E-state index in [0.717, 1.165) is 39.2 Å². The molecule has 0 fully saturated rings. The maximum atomic E-state index is 12.8. The number of benzene rings is 2. The molecule has 178 valence electrons. The van der Waals surface area contributed by atoms with Crippen LogP contribution in [0.25, 0.3) is 21.5 Å². The summed E-state index contributed by atoms with van der Waals surface area (Å²) < 4.78 is 46.1. The first-order valence-corrected chi connectivity index (χ1v) is 11.3. The fourth-order valence-corrected chi connectivity index (χ4v) is 4.52. The standard InChI is InChI=1S/C25H23F3N2O3S/c1-15-21(34-22(29-15)17-5-7-19(8-6-17)25(26,27)28)13-30-11-10-18-12-16(4-9-20(18)30)14-33-24(2,3)23(31)32/h4-12H,13-14H2,1-3H3,(H,31,32). The summed E-state index contributed by atoms with van der Waals surface area (Å²) in [5.41, 5.74) is 1.42. The number of aliphatic carboxylic acids is 1. The van der Waals surface area contributed by atoms with Crippen LogP contribution in [0, 0.1) is 6.92 Å². The van der Waals surface area contributed by atoms with Gasteiger partial charge < -0.3 is 14.4 Å². The second-order valence-electron chi connectivity index (χ2n) is 8.54. The van der Waals surface area contributed by atoms with Crippen molar-refractivity contribution in [3.8, 4) is 10.6 Å². The number of hydrogen-bond donors (Lipinski definition) is 1. The van der Waals surface area contributed by atoms with E-state index < -0.39 is 23.3 Å². The largest absolute Gasteiger partial charge is 0.479 e. The van der Waals surface area contributed by atoms with Crippen molar-refractivity contribution in [1.29, 1.82) is 0 Å². The van der Waals surface area contributed by atoms with Crippen LogP contribution < -0.4 is 0 Å². The fourth-order valence-electron chi connectivity index (χ4n) is 3.46. The summed E-state index contributed by atoms with van der Waals surface area (Å²) in [4.78, 5) is 16.8. The van der Waals surface area contributed by atoms with Crippen LogP contribution in [-0.4, -0.2) is 26.2 Å². The van der Waals surface area contributed by atoms with Crippen LogP contribution in [0.15, 0.2) is 54.7 Å². The molecule has 0 unspecified atom stereocenters. The zero-order valence-corrected chi connectivity index (χ0v) is 19.6. The quantitative estimate of drug-likeness (QED) is 0.322. The van der Waals surface area contributed by atoms with Crippen molar-refractivity contribution in [2.75, 3.05) is 0 Å². The van der Waals surface area contributed by atoms with E-state index in [0.29, 0.717) is 17.1 Å². The molecule has 0 atom stereocenters. The second kappa shape index (κ2) is 8.88. The molecule has 2 aromatic heterocycles. The first-order valence-electron chi connectivity index (χ1n) is 10.5. The number of thiazole rings is 1. The van der Waals surface area contributed by atoms with Crippen molar-refractivity contribution in [2.24, 2.45) is 0 Å². The van der Waals surface area contributed by atoms with Gasteiger partial charge in [-0.3, -0.25) is 0 Å². The number of carbonyl (C=O) groups is 1. The molecule has 34 heavy (non-hydrogen) atoms. The molecule has 0 aliphatic carbocycles. The maximum absolute atomic E-state index is 12.8. The van der Waals surface area contributed by atoms with Crippen molar-refractivity contribution < 1.29 is 27.8 Å². The van der Waals surface area contributed by atoms with Gasteiger partial charge in [-0.05, 0) is 62.1 Å². The lowest BCUT2D eigenvalue weighted by molar-refractivity contribution is -0.162. The number of rotatable bonds is 7. The Morgan fingerprint density at radius 2 is 1.82 bits per heavy atom. The molecule has 4 rings (SSSR count). The minimum absolute atomic E-state index is 0.185. The molecule has 2 heterocycles. The molecular formula is C25H23F3N2O3S. The van der Waals surface area contributed by atoms with Crippen molar-refractivity contribution in [1.82, 2.24) is 9.55 Å². The van der Waals surface area contributed by atoms with E-state index in [1.807, 2.05) is 37.4 Å². The van der Waals surface area contributed by atoms with E-state index in [1.165, 1.54) is 37.3 Å². The smallest absolute Gasteiger partial charge is 0.416 e. The van der Waals surface area contributed by atoms with Crippen molar-refractivity contribution in [3.63, 3.8) is 0 Å². The van der Waals surface area contributed by atoms with Gasteiger partial charge in [0.05, 0.1) is 24.4 Å². The Balaban J connectivity index is 1.52. The Morgan fingerprint density at radius 1 is 1.12 bits per heavy atom. The molecule has 0 saturated heterocycles. The molecule has 5 nitrogen and oxygen atoms in total. The van der Waals surface area contributed by atoms with Gasteiger partial charge in [-0.2, -0.15) is 13.2 Å². The molecular weight excluding hydrogens is 465 g/mol. The SMILES string of the molecule is Cc1nc(-c2ccc(C(F)(F)F)cc2)sc1Cn1ccc2cc(COC(C)(C)C(=O)O)ccc21. The highest BCUT2D eigenvalue weighted by Crippen LogP contribution is 2.33. The van der Waals surface area contributed by atoms with Gasteiger partial charge >= 0.3 is 12.1 Å². The first kappa shape index (κ1) is 24.0. The molecule has 9 heteroatoms. The molecule has 0 radical (unpaired) electrons. The maximum Gasteiger partial charge on any atom is 0.416 e. The van der Waals surface area contributed by atoms with Gasteiger partial charge in [0.2, 0.25) is 0 Å². The second-order valence-corrected chi connectivity index (χ2v) is 9.63. The summed E-state index contributed by atoms with van der Waals surface area (Å²) in [6.45, 7) is 5.69. The Morgan fingerprint density at radius 3 is 2.47 bits per heavy atom. The normalized spacial score (nSPS) is 12.4. The molecule has 0 saturated carbocycles. The van der Waals surface area contributed by atoms with Crippen LogP contribution in [0.3, 0.4) is 0 Å². The molecule has 4 aromatic rings. The third kappa shape index (κ3) is 5.00. The van der Waals surface area contributed by atoms with Crippen LogP contribution in [0.2, 0.25) is 0 Å². The lowest BCUT2D eigenvalue weighted by Crippen LogP contribution is -2.34. The molecule has 0 bridgehead atoms. The number of nitrogens with zero attached hydrogens (tertiary/aromatic N) is 2. The first-order chi connectivity index (χ1) is 15.9. The topological polar surface area (TPSA) is 64.4 Å². The number of fused-ring (bicyclic) bond motifs is 1. The van der Waals surface area contributed by atoms with Crippen molar-refractivity contribution >= 4 is 28.2 Å². The molecule has 2 aromatic carbocycles. The van der Waals surface area contributed by atoms with Gasteiger partial charge in [-0.15, -0.1) is 11.3 Å². The average Bonchev–Trinajstić information content (AvgIpc) is 3.35. The minimum atomic E-state index is -4.36. The van der Waals surface area contributed by atoms with E-state index in [9.17, 15) is 23.1 Å². The summed E-state index contributed by atoms with van der Waals surface area (Å²) in [6.07, 6.45) is -2.40. The molecule has 0 aliphatic rings. The number of halogens is 3. The third-order valence-corrected chi connectivity index (χ3v) is 6.81. The summed E-state index contributed by atoms with van der Waals surface area (Å²) in [5, 5.41) is 10.9. The predicted octanol–water partition coefficient (Wildman–Crippen LogP) is 6.52. The van der Waals surface area contributed by atoms with Crippen molar-refractivity contribution in [2.45, 2.75) is 45.7 Å². The number of hydrogen-bond acceptors (Lipinski definition) is 4. The van der Waals surface area contributed by atoms with Crippen LogP contribution in [0.4, 0.5) is 13.2 Å². The van der Waals surface area contributed by atoms with E-state index in [4.69, 9.17) is 4.74 Å². The van der Waals surface area contributed by atoms with Gasteiger partial charge in [0.15, 0.2) is 5.60 Å². The van der Waals surface area contributed by atoms with Gasteiger partial charge in [0.25, 0.3) is 0 Å². The number of aromatic nitrogens is 2. The van der Waals surface area contributed by atoms with Crippen molar-refractivity contribution in [3.05, 3.63) is 76.4 Å². The monoisotopic (exact) mass is 488 g/mol. The highest BCUT2D eigenvalue weighted by atomic mass is 32.1.